The first-order chi connectivity index (χ1) is 18.9. The third-order valence-electron chi connectivity index (χ3n) is 5.58. The molecule has 1 aromatic heterocycles. The minimum absolute atomic E-state index is 0.106. The van der Waals surface area contributed by atoms with Crippen LogP contribution >= 0.6 is 11.6 Å². The van der Waals surface area contributed by atoms with Gasteiger partial charge >= 0.3 is 18.0 Å². The minimum atomic E-state index is -5.10. The monoisotopic (exact) mass is 629 g/mol. The average Bonchev–Trinajstić information content (AvgIpc) is 3.15. The molecule has 0 saturated heterocycles. The number of benzene rings is 2. The van der Waals surface area contributed by atoms with Gasteiger partial charge in [0.15, 0.2) is 11.9 Å². The van der Waals surface area contributed by atoms with Gasteiger partial charge in [-0.3, -0.25) is 9.36 Å². The van der Waals surface area contributed by atoms with E-state index >= 15 is 0 Å². The van der Waals surface area contributed by atoms with Crippen molar-refractivity contribution in [2.24, 2.45) is 0 Å². The van der Waals surface area contributed by atoms with Gasteiger partial charge in [-0.15, -0.1) is 5.10 Å². The number of carbonyl (C=O) groups excluding carboxylic acids is 1. The lowest BCUT2D eigenvalue weighted by Crippen LogP contribution is -2.41. The smallest absolute Gasteiger partial charge is 0.382 e. The van der Waals surface area contributed by atoms with Crippen molar-refractivity contribution in [1.82, 2.24) is 24.4 Å². The van der Waals surface area contributed by atoms with Crippen LogP contribution in [0, 0.1) is 0 Å². The topological polar surface area (TPSA) is 135 Å². The fraction of sp³-hybridized carbons (Fsp3) is 0.348. The second-order valence-corrected chi connectivity index (χ2v) is 11.0. The van der Waals surface area contributed by atoms with E-state index in [-0.39, 0.29) is 16.4 Å². The zero-order chi connectivity index (χ0) is 30.8. The Hall–Kier alpha value is -3.41. The Morgan fingerprint density at radius 3 is 2.24 bits per heavy atom. The van der Waals surface area contributed by atoms with Crippen molar-refractivity contribution in [1.29, 1.82) is 0 Å². The first-order valence-corrected chi connectivity index (χ1v) is 13.7. The van der Waals surface area contributed by atoms with Crippen LogP contribution < -0.4 is 15.7 Å². The molecule has 10 nitrogen and oxygen atoms in total. The van der Waals surface area contributed by atoms with Crippen LogP contribution in [0.3, 0.4) is 0 Å². The zero-order valence-electron chi connectivity index (χ0n) is 20.9. The molecule has 0 aliphatic carbocycles. The van der Waals surface area contributed by atoms with Crippen LogP contribution in [0.2, 0.25) is 5.02 Å². The molecular weight excluding hydrogens is 608 g/mol. The highest BCUT2D eigenvalue weighted by Crippen LogP contribution is 2.34. The lowest BCUT2D eigenvalue weighted by Gasteiger charge is -2.23. The van der Waals surface area contributed by atoms with Crippen molar-refractivity contribution in [3.63, 3.8) is 0 Å². The maximum Gasteiger partial charge on any atom is 0.416 e. The van der Waals surface area contributed by atoms with Crippen molar-refractivity contribution in [2.75, 3.05) is 12.8 Å². The molecule has 2 aromatic carbocycles. The van der Waals surface area contributed by atoms with Gasteiger partial charge in [0.2, 0.25) is 15.9 Å². The predicted molar refractivity (Wildman–Crippen MR) is 134 cm³/mol. The summed E-state index contributed by atoms with van der Waals surface area (Å²) in [6.45, 7) is -2.95. The maximum atomic E-state index is 13.6. The molecule has 3 rings (SSSR count). The minimum Gasteiger partial charge on any atom is -0.382 e. The summed E-state index contributed by atoms with van der Waals surface area (Å²) in [5.41, 5.74) is -2.78. The van der Waals surface area contributed by atoms with E-state index < -0.39 is 76.9 Å². The number of hydrogen-bond acceptors (Lipinski definition) is 6. The van der Waals surface area contributed by atoms with E-state index in [1.807, 2.05) is 4.72 Å². The first-order valence-electron chi connectivity index (χ1n) is 11.5. The number of hydrogen-bond donors (Lipinski definition) is 3. The Bertz CT molecular complexity index is 1550. The largest absolute Gasteiger partial charge is 0.416 e. The Balaban J connectivity index is 1.98. The second kappa shape index (κ2) is 12.2. The van der Waals surface area contributed by atoms with E-state index in [1.165, 1.54) is 30.3 Å². The van der Waals surface area contributed by atoms with Crippen LogP contribution in [0.25, 0.3) is 11.4 Å². The summed E-state index contributed by atoms with van der Waals surface area (Å²) in [6.07, 6.45) is -12.2. The highest BCUT2D eigenvalue weighted by Gasteiger charge is 2.39. The summed E-state index contributed by atoms with van der Waals surface area (Å²) in [5, 5.41) is 15.9. The van der Waals surface area contributed by atoms with E-state index in [0.717, 1.165) is 24.5 Å². The highest BCUT2D eigenvalue weighted by atomic mass is 35.5. The van der Waals surface area contributed by atoms with E-state index in [1.54, 1.807) is 0 Å². The van der Waals surface area contributed by atoms with Crippen LogP contribution in [0.1, 0.15) is 17.2 Å². The van der Waals surface area contributed by atoms with Gasteiger partial charge in [0.25, 0.3) is 0 Å². The fourth-order valence-corrected chi connectivity index (χ4v) is 4.30. The second-order valence-electron chi connectivity index (χ2n) is 8.76. The average molecular weight is 630 g/mol. The van der Waals surface area contributed by atoms with Gasteiger partial charge < -0.3 is 10.4 Å². The summed E-state index contributed by atoms with van der Waals surface area (Å²) in [7, 11) is -3.91. The number of nitrogens with zero attached hydrogens (tertiary/aromatic N) is 3. The summed E-state index contributed by atoms with van der Waals surface area (Å²) >= 11 is 5.83. The molecule has 224 valence electrons. The Morgan fingerprint density at radius 2 is 1.68 bits per heavy atom. The van der Waals surface area contributed by atoms with Crippen LogP contribution in [0.15, 0.2) is 53.3 Å². The van der Waals surface area contributed by atoms with E-state index in [9.17, 15) is 49.5 Å². The molecule has 3 aromatic rings. The van der Waals surface area contributed by atoms with Gasteiger partial charge in [-0.1, -0.05) is 29.8 Å². The van der Waals surface area contributed by atoms with Gasteiger partial charge in [-0.25, -0.2) is 22.6 Å². The normalized spacial score (nSPS) is 14.1. The molecule has 0 aliphatic rings. The number of halogens is 7. The third-order valence-corrected chi connectivity index (χ3v) is 6.52. The molecule has 41 heavy (non-hydrogen) atoms. The molecule has 1 heterocycles. The molecule has 1 amide bonds. The van der Waals surface area contributed by atoms with Crippen molar-refractivity contribution >= 4 is 27.5 Å². The van der Waals surface area contributed by atoms with Gasteiger partial charge in [0.1, 0.15) is 6.54 Å². The predicted octanol–water partition coefficient (Wildman–Crippen LogP) is 2.71. The van der Waals surface area contributed by atoms with Crippen molar-refractivity contribution in [2.45, 2.75) is 37.6 Å². The number of aromatic nitrogens is 3. The molecular formula is C23H22ClF6N5O5S. The Kier molecular flexibility index (Phi) is 9.57. The van der Waals surface area contributed by atoms with Crippen LogP contribution in [0.4, 0.5) is 26.3 Å². The number of alkyl halides is 6. The van der Waals surface area contributed by atoms with E-state index in [0.29, 0.717) is 9.25 Å². The molecule has 0 spiro atoms. The molecule has 0 bridgehead atoms. The Morgan fingerprint density at radius 1 is 1.07 bits per heavy atom. The third kappa shape index (κ3) is 8.54. The van der Waals surface area contributed by atoms with Crippen molar-refractivity contribution in [3.05, 3.63) is 75.2 Å². The lowest BCUT2D eigenvalue weighted by molar-refractivity contribution is -0.207. The summed E-state index contributed by atoms with van der Waals surface area (Å²) in [4.78, 5) is 25.9. The number of rotatable bonds is 10. The molecule has 0 radical (unpaired) electrons. The molecule has 0 aliphatic heterocycles. The maximum absolute atomic E-state index is 13.6. The number of sulfonamides is 1. The fourth-order valence-electron chi connectivity index (χ4n) is 3.71. The molecule has 2 atom stereocenters. The van der Waals surface area contributed by atoms with Crippen LogP contribution in [-0.2, 0) is 34.1 Å². The zero-order valence-corrected chi connectivity index (χ0v) is 22.4. The standard InChI is InChI=1S/C23H22ClF6N5O5S/c1-41(39,40)31-10-17(15-4-2-3-5-16(15)22(25,26)27)32-19(37)12-35-21(38)34(11-18(36)23(28,29)30)20(33-35)13-6-8-14(24)9-7-13/h2-9,17-18,31,36H,10-12H2,1H3,(H,32,37). The van der Waals surface area contributed by atoms with Gasteiger partial charge in [0.05, 0.1) is 24.4 Å². The lowest BCUT2D eigenvalue weighted by atomic mass is 10.00. The SMILES string of the molecule is CS(=O)(=O)NCC(NC(=O)Cn1nc(-c2ccc(Cl)cc2)n(CC(O)C(F)(F)F)c1=O)c1ccccc1C(F)(F)F. The summed E-state index contributed by atoms with van der Waals surface area (Å²) in [6, 6.07) is 7.87. The molecule has 3 N–H and O–H groups in total. The summed E-state index contributed by atoms with van der Waals surface area (Å²) in [5.74, 6) is -1.48. The highest BCUT2D eigenvalue weighted by molar-refractivity contribution is 7.88. The van der Waals surface area contributed by atoms with Crippen molar-refractivity contribution in [3.8, 4) is 11.4 Å². The van der Waals surface area contributed by atoms with Gasteiger partial charge in [0, 0.05) is 17.1 Å². The number of carbonyl (C=O) groups is 1. The number of nitrogens with one attached hydrogen (secondary N) is 2. The van der Waals surface area contributed by atoms with Gasteiger partial charge in [-0.05, 0) is 35.9 Å². The summed E-state index contributed by atoms with van der Waals surface area (Å²) < 4.78 is 106. The number of amides is 1. The van der Waals surface area contributed by atoms with Crippen LogP contribution in [-0.4, -0.2) is 58.9 Å². The molecule has 0 fully saturated rings. The first kappa shape index (κ1) is 32.1. The van der Waals surface area contributed by atoms with Gasteiger partial charge in [-0.2, -0.15) is 26.3 Å². The molecule has 2 unspecified atom stereocenters. The molecule has 18 heteroatoms. The van der Waals surface area contributed by atoms with Crippen LogP contribution in [0.5, 0.6) is 0 Å². The van der Waals surface area contributed by atoms with E-state index in [4.69, 9.17) is 11.6 Å². The Labute approximate surface area is 233 Å². The molecule has 0 saturated carbocycles. The van der Waals surface area contributed by atoms with E-state index in [2.05, 4.69) is 10.4 Å². The quantitative estimate of drug-likeness (QED) is 0.295. The van der Waals surface area contributed by atoms with Crippen molar-refractivity contribution < 1.29 is 44.7 Å². The number of aliphatic hydroxyl groups excluding tert-OH is 1. The number of aliphatic hydroxyl groups is 1.